The molecule has 7 nitrogen and oxygen atoms in total. The number of rotatable bonds is 8. The largest absolute Gasteiger partial charge is 0.467 e. The van der Waals surface area contributed by atoms with Crippen LogP contribution < -0.4 is 15.5 Å². The van der Waals surface area contributed by atoms with Crippen LogP contribution in [0.5, 0.6) is 0 Å². The lowest BCUT2D eigenvalue weighted by Gasteiger charge is -2.32. The van der Waals surface area contributed by atoms with Crippen LogP contribution >= 0.6 is 11.3 Å². The number of nitrogens with one attached hydrogen (secondary N) is 2. The minimum Gasteiger partial charge on any atom is -0.467 e. The van der Waals surface area contributed by atoms with E-state index >= 15 is 0 Å². The van der Waals surface area contributed by atoms with Gasteiger partial charge in [-0.2, -0.15) is 0 Å². The Bertz CT molecular complexity index is 1140. The summed E-state index contributed by atoms with van der Waals surface area (Å²) >= 11 is 1.30. The lowest BCUT2D eigenvalue weighted by molar-refractivity contribution is -0.127. The standard InChI is InChI=1S/C26H29N3O4S/c1-17-8-5-11-20(18(17)2)29(23(30)16-27-25(31)22-13-7-15-34-22)24(21-12-6-14-33-21)26(32)28-19-9-3-4-10-19/h5-8,11-15,19,24H,3-4,9-10,16H2,1-2H3,(H,27,31)(H,28,32)/t24-/m0/s1. The smallest absolute Gasteiger partial charge is 0.261 e. The number of carbonyl (C=O) groups is 3. The number of nitrogens with zero attached hydrogens (tertiary/aromatic N) is 1. The number of furan rings is 1. The molecule has 0 aliphatic heterocycles. The zero-order valence-electron chi connectivity index (χ0n) is 19.4. The predicted molar refractivity (Wildman–Crippen MR) is 132 cm³/mol. The molecule has 2 N–H and O–H groups in total. The van der Waals surface area contributed by atoms with Gasteiger partial charge in [0.25, 0.3) is 11.8 Å². The number of aryl methyl sites for hydroxylation is 1. The van der Waals surface area contributed by atoms with Crippen LogP contribution in [0.25, 0.3) is 0 Å². The first-order valence-corrected chi connectivity index (χ1v) is 12.4. The summed E-state index contributed by atoms with van der Waals surface area (Å²) in [4.78, 5) is 41.7. The van der Waals surface area contributed by atoms with E-state index < -0.39 is 11.9 Å². The summed E-state index contributed by atoms with van der Waals surface area (Å²) in [6, 6.07) is 11.6. The summed E-state index contributed by atoms with van der Waals surface area (Å²) < 4.78 is 5.65. The Kier molecular flexibility index (Phi) is 7.47. The molecule has 1 aliphatic carbocycles. The maximum absolute atomic E-state index is 13.7. The van der Waals surface area contributed by atoms with Crippen molar-refractivity contribution in [3.63, 3.8) is 0 Å². The van der Waals surface area contributed by atoms with Crippen molar-refractivity contribution in [1.82, 2.24) is 10.6 Å². The van der Waals surface area contributed by atoms with Crippen LogP contribution in [-0.2, 0) is 9.59 Å². The topological polar surface area (TPSA) is 91.7 Å². The second-order valence-corrected chi connectivity index (χ2v) is 9.50. The Morgan fingerprint density at radius 3 is 2.56 bits per heavy atom. The van der Waals surface area contributed by atoms with Crippen molar-refractivity contribution in [1.29, 1.82) is 0 Å². The highest BCUT2D eigenvalue weighted by Crippen LogP contribution is 2.32. The van der Waals surface area contributed by atoms with Crippen LogP contribution in [0.3, 0.4) is 0 Å². The minimum atomic E-state index is -0.998. The molecule has 1 atom stereocenters. The second-order valence-electron chi connectivity index (χ2n) is 8.55. The fraction of sp³-hybridized carbons (Fsp3) is 0.346. The molecule has 0 bridgehead atoms. The molecule has 8 heteroatoms. The number of benzene rings is 1. The third kappa shape index (κ3) is 5.22. The zero-order valence-corrected chi connectivity index (χ0v) is 20.2. The maximum Gasteiger partial charge on any atom is 0.261 e. The SMILES string of the molecule is Cc1cccc(N(C(=O)CNC(=O)c2cccs2)[C@H](C(=O)NC2CCCC2)c2ccco2)c1C. The van der Waals surface area contributed by atoms with Crippen LogP contribution in [0.1, 0.15) is 58.3 Å². The Hall–Kier alpha value is -3.39. The fourth-order valence-corrected chi connectivity index (χ4v) is 4.96. The van der Waals surface area contributed by atoms with Gasteiger partial charge in [0.2, 0.25) is 5.91 Å². The quantitative estimate of drug-likeness (QED) is 0.497. The van der Waals surface area contributed by atoms with Crippen LogP contribution in [0.2, 0.25) is 0 Å². The number of hydrogen-bond donors (Lipinski definition) is 2. The molecule has 0 radical (unpaired) electrons. The summed E-state index contributed by atoms with van der Waals surface area (Å²) in [6.07, 6.45) is 5.49. The summed E-state index contributed by atoms with van der Waals surface area (Å²) in [5.41, 5.74) is 2.48. The molecule has 4 rings (SSSR count). The van der Waals surface area contributed by atoms with E-state index in [1.807, 2.05) is 32.0 Å². The van der Waals surface area contributed by atoms with E-state index in [0.29, 0.717) is 16.3 Å². The van der Waals surface area contributed by atoms with Gasteiger partial charge in [0.05, 0.1) is 17.7 Å². The van der Waals surface area contributed by atoms with Gasteiger partial charge in [-0.1, -0.05) is 31.0 Å². The number of anilines is 1. The molecule has 2 aromatic heterocycles. The van der Waals surface area contributed by atoms with Gasteiger partial charge in [-0.15, -0.1) is 11.3 Å². The highest BCUT2D eigenvalue weighted by atomic mass is 32.1. The minimum absolute atomic E-state index is 0.0825. The summed E-state index contributed by atoms with van der Waals surface area (Å²) in [5.74, 6) is -0.647. The van der Waals surface area contributed by atoms with Crippen molar-refractivity contribution in [2.24, 2.45) is 0 Å². The van der Waals surface area contributed by atoms with Gasteiger partial charge in [-0.25, -0.2) is 0 Å². The van der Waals surface area contributed by atoms with Crippen LogP contribution in [0.4, 0.5) is 5.69 Å². The van der Waals surface area contributed by atoms with Crippen molar-refractivity contribution >= 4 is 34.7 Å². The molecule has 178 valence electrons. The molecule has 34 heavy (non-hydrogen) atoms. The number of thiophene rings is 1. The van der Waals surface area contributed by atoms with Crippen LogP contribution in [0, 0.1) is 13.8 Å². The maximum atomic E-state index is 13.7. The van der Waals surface area contributed by atoms with Crippen molar-refractivity contribution in [2.75, 3.05) is 11.4 Å². The molecule has 3 amide bonds. The molecule has 0 unspecified atom stereocenters. The molecule has 3 aromatic rings. The third-order valence-corrected chi connectivity index (χ3v) is 7.14. The summed E-state index contributed by atoms with van der Waals surface area (Å²) in [7, 11) is 0. The van der Waals surface area contributed by atoms with E-state index in [4.69, 9.17) is 4.42 Å². The van der Waals surface area contributed by atoms with Crippen molar-refractivity contribution in [3.8, 4) is 0 Å². The van der Waals surface area contributed by atoms with Crippen LogP contribution in [0.15, 0.2) is 58.5 Å². The Morgan fingerprint density at radius 2 is 1.88 bits per heavy atom. The normalized spacial score (nSPS) is 14.5. The monoisotopic (exact) mass is 479 g/mol. The average Bonchev–Trinajstić information content (AvgIpc) is 3.61. The Labute approximate surface area is 203 Å². The second kappa shape index (κ2) is 10.7. The van der Waals surface area contributed by atoms with E-state index in [0.717, 1.165) is 36.8 Å². The Balaban J connectivity index is 1.68. The highest BCUT2D eigenvalue weighted by molar-refractivity contribution is 7.12. The highest BCUT2D eigenvalue weighted by Gasteiger charge is 2.37. The molecular formula is C26H29N3O4S. The van der Waals surface area contributed by atoms with Gasteiger partial charge >= 0.3 is 0 Å². The summed E-state index contributed by atoms with van der Waals surface area (Å²) in [6.45, 7) is 3.63. The average molecular weight is 480 g/mol. The fourth-order valence-electron chi connectivity index (χ4n) is 4.32. The molecule has 1 aromatic carbocycles. The third-order valence-electron chi connectivity index (χ3n) is 6.27. The summed E-state index contributed by atoms with van der Waals surface area (Å²) in [5, 5.41) is 7.62. The molecule has 0 saturated heterocycles. The predicted octanol–water partition coefficient (Wildman–Crippen LogP) is 4.52. The zero-order chi connectivity index (χ0) is 24.1. The van der Waals surface area contributed by atoms with E-state index in [2.05, 4.69) is 10.6 Å². The van der Waals surface area contributed by atoms with Crippen molar-refractivity contribution < 1.29 is 18.8 Å². The van der Waals surface area contributed by atoms with Gasteiger partial charge in [-0.05, 0) is 67.5 Å². The van der Waals surface area contributed by atoms with Crippen molar-refractivity contribution in [2.45, 2.75) is 51.6 Å². The Morgan fingerprint density at radius 1 is 1.09 bits per heavy atom. The van der Waals surface area contributed by atoms with E-state index in [9.17, 15) is 14.4 Å². The molecular weight excluding hydrogens is 450 g/mol. The number of hydrogen-bond acceptors (Lipinski definition) is 5. The van der Waals surface area contributed by atoms with Gasteiger partial charge in [-0.3, -0.25) is 19.3 Å². The van der Waals surface area contributed by atoms with E-state index in [1.165, 1.54) is 22.5 Å². The molecule has 1 fully saturated rings. The van der Waals surface area contributed by atoms with Crippen molar-refractivity contribution in [3.05, 3.63) is 75.9 Å². The van der Waals surface area contributed by atoms with E-state index in [-0.39, 0.29) is 24.4 Å². The molecule has 0 spiro atoms. The molecule has 2 heterocycles. The first-order chi connectivity index (χ1) is 16.5. The van der Waals surface area contributed by atoms with Gasteiger partial charge in [0.15, 0.2) is 6.04 Å². The van der Waals surface area contributed by atoms with E-state index in [1.54, 1.807) is 29.6 Å². The number of amides is 3. The van der Waals surface area contributed by atoms with Gasteiger partial charge < -0.3 is 15.1 Å². The molecule has 1 saturated carbocycles. The molecule has 1 aliphatic rings. The first-order valence-electron chi connectivity index (χ1n) is 11.5. The first kappa shape index (κ1) is 23.8. The van der Waals surface area contributed by atoms with Gasteiger partial charge in [0, 0.05) is 11.7 Å². The lowest BCUT2D eigenvalue weighted by atomic mass is 10.0. The lowest BCUT2D eigenvalue weighted by Crippen LogP contribution is -2.49. The number of carbonyl (C=O) groups excluding carboxylic acids is 3. The van der Waals surface area contributed by atoms with Gasteiger partial charge in [0.1, 0.15) is 5.76 Å². The van der Waals surface area contributed by atoms with Crippen LogP contribution in [-0.4, -0.2) is 30.3 Å².